The molecule has 6 atom stereocenters. The van der Waals surface area contributed by atoms with E-state index in [1.165, 1.54) is 19.3 Å². The number of ether oxygens (including phenoxy) is 1. The molecule has 2 saturated carbocycles. The highest BCUT2D eigenvalue weighted by molar-refractivity contribution is 7.80. The van der Waals surface area contributed by atoms with Gasteiger partial charge in [0.2, 0.25) is 0 Å². The van der Waals surface area contributed by atoms with Crippen LogP contribution in [0.15, 0.2) is 12.2 Å². The van der Waals surface area contributed by atoms with E-state index in [2.05, 4.69) is 22.8 Å². The van der Waals surface area contributed by atoms with Crippen molar-refractivity contribution < 1.29 is 4.74 Å². The fourth-order valence-electron chi connectivity index (χ4n) is 4.76. The average Bonchev–Trinajstić information content (AvgIpc) is 3.10. The summed E-state index contributed by atoms with van der Waals surface area (Å²) in [5.41, 5.74) is 0. The maximum atomic E-state index is 5.57. The molecule has 3 nitrogen and oxygen atoms in total. The molecule has 19 heavy (non-hydrogen) atoms. The Balaban J connectivity index is 1.34. The van der Waals surface area contributed by atoms with Gasteiger partial charge in [-0.15, -0.1) is 0 Å². The van der Waals surface area contributed by atoms with Gasteiger partial charge in [-0.1, -0.05) is 12.2 Å². The molecular weight excluding hydrogens is 256 g/mol. The maximum Gasteiger partial charge on any atom is 0.168 e. The summed E-state index contributed by atoms with van der Waals surface area (Å²) in [6.45, 7) is 0.864. The molecule has 2 N–H and O–H groups in total. The molecule has 4 aliphatic rings. The van der Waals surface area contributed by atoms with Crippen LogP contribution in [0.1, 0.15) is 32.1 Å². The first-order chi connectivity index (χ1) is 9.31. The number of nitrogens with one attached hydrogen (secondary N) is 2. The highest BCUT2D eigenvalue weighted by Crippen LogP contribution is 2.56. The molecule has 0 radical (unpaired) electrons. The van der Waals surface area contributed by atoms with E-state index in [1.54, 1.807) is 0 Å². The minimum absolute atomic E-state index is 0.137. The van der Waals surface area contributed by atoms with Crippen molar-refractivity contribution >= 4 is 17.3 Å². The molecule has 3 fully saturated rings. The summed E-state index contributed by atoms with van der Waals surface area (Å²) < 4.78 is 5.57. The molecular formula is C15H22N2OS. The number of rotatable bonds is 2. The zero-order valence-corrected chi connectivity index (χ0v) is 12.0. The molecule has 4 heteroatoms. The molecule has 4 rings (SSSR count). The van der Waals surface area contributed by atoms with Crippen LogP contribution >= 0.6 is 12.2 Å². The van der Waals surface area contributed by atoms with E-state index in [0.717, 1.165) is 48.2 Å². The second kappa shape index (κ2) is 4.74. The van der Waals surface area contributed by atoms with E-state index in [9.17, 15) is 0 Å². The number of fused-ring (bicyclic) bond motifs is 5. The highest BCUT2D eigenvalue weighted by Gasteiger charge is 2.52. The average molecular weight is 278 g/mol. The number of thiocarbonyl (C=S) groups is 1. The topological polar surface area (TPSA) is 33.3 Å². The van der Waals surface area contributed by atoms with Crippen molar-refractivity contribution in [3.8, 4) is 0 Å². The lowest BCUT2D eigenvalue weighted by Crippen LogP contribution is -2.49. The summed E-state index contributed by atoms with van der Waals surface area (Å²) >= 11 is 5.44. The van der Waals surface area contributed by atoms with E-state index < -0.39 is 0 Å². The van der Waals surface area contributed by atoms with E-state index >= 15 is 0 Å². The van der Waals surface area contributed by atoms with Gasteiger partial charge in [-0.05, 0) is 68.0 Å². The Morgan fingerprint density at radius 3 is 3.00 bits per heavy atom. The number of hydrogen-bond donors (Lipinski definition) is 2. The summed E-state index contributed by atoms with van der Waals surface area (Å²) in [6, 6.07) is 0.579. The second-order valence-corrected chi connectivity index (χ2v) is 6.93. The third-order valence-corrected chi connectivity index (χ3v) is 5.78. The molecule has 1 saturated heterocycles. The SMILES string of the molecule is S=C(NC1CCCO1)NC1CC2CC1C1C=CCC21. The predicted octanol–water partition coefficient (Wildman–Crippen LogP) is 2.19. The van der Waals surface area contributed by atoms with Gasteiger partial charge in [0.1, 0.15) is 6.23 Å². The largest absolute Gasteiger partial charge is 0.360 e. The van der Waals surface area contributed by atoms with Crippen molar-refractivity contribution in [2.75, 3.05) is 6.61 Å². The van der Waals surface area contributed by atoms with Gasteiger partial charge in [-0.25, -0.2) is 0 Å². The van der Waals surface area contributed by atoms with Crippen molar-refractivity contribution in [2.24, 2.45) is 23.7 Å². The quantitative estimate of drug-likeness (QED) is 0.599. The summed E-state index contributed by atoms with van der Waals surface area (Å²) in [6.07, 6.45) is 11.2. The molecule has 0 aromatic heterocycles. The van der Waals surface area contributed by atoms with Crippen LogP contribution in [-0.2, 0) is 4.74 Å². The van der Waals surface area contributed by atoms with Crippen LogP contribution in [0.2, 0.25) is 0 Å². The first-order valence-electron chi connectivity index (χ1n) is 7.66. The van der Waals surface area contributed by atoms with Gasteiger partial charge in [0, 0.05) is 12.6 Å². The Morgan fingerprint density at radius 1 is 1.21 bits per heavy atom. The second-order valence-electron chi connectivity index (χ2n) is 6.53. The molecule has 3 aliphatic carbocycles. The summed E-state index contributed by atoms with van der Waals surface area (Å²) in [5.74, 6) is 3.50. The van der Waals surface area contributed by atoms with Crippen LogP contribution in [0.4, 0.5) is 0 Å². The summed E-state index contributed by atoms with van der Waals surface area (Å²) in [5, 5.41) is 7.66. The molecule has 1 aliphatic heterocycles. The van der Waals surface area contributed by atoms with Gasteiger partial charge in [-0.2, -0.15) is 0 Å². The molecule has 2 bridgehead atoms. The van der Waals surface area contributed by atoms with Crippen LogP contribution in [0.25, 0.3) is 0 Å². The van der Waals surface area contributed by atoms with Gasteiger partial charge in [0.05, 0.1) is 0 Å². The van der Waals surface area contributed by atoms with E-state index in [1.807, 2.05) is 0 Å². The third kappa shape index (κ3) is 2.09. The van der Waals surface area contributed by atoms with Crippen LogP contribution in [0, 0.1) is 23.7 Å². The Morgan fingerprint density at radius 2 is 2.16 bits per heavy atom. The van der Waals surface area contributed by atoms with Crippen LogP contribution in [-0.4, -0.2) is 24.0 Å². The van der Waals surface area contributed by atoms with Gasteiger partial charge < -0.3 is 15.4 Å². The van der Waals surface area contributed by atoms with Gasteiger partial charge in [-0.3, -0.25) is 0 Å². The van der Waals surface area contributed by atoms with Crippen LogP contribution < -0.4 is 10.6 Å². The zero-order valence-electron chi connectivity index (χ0n) is 11.2. The summed E-state index contributed by atoms with van der Waals surface area (Å²) in [7, 11) is 0. The first-order valence-corrected chi connectivity index (χ1v) is 8.07. The molecule has 0 spiro atoms. The standard InChI is InChI=1S/C15H22N2OS/c19-15(17-14-5-2-6-18-14)16-13-8-9-7-12(13)11-4-1-3-10(9)11/h1,4,9-14H,2-3,5-8H2,(H2,16,17,19). The van der Waals surface area contributed by atoms with Crippen LogP contribution in [0.3, 0.4) is 0 Å². The molecule has 0 amide bonds. The number of hydrogen-bond acceptors (Lipinski definition) is 2. The van der Waals surface area contributed by atoms with Crippen molar-refractivity contribution in [3.05, 3.63) is 12.2 Å². The molecule has 1 heterocycles. The van der Waals surface area contributed by atoms with Gasteiger partial charge >= 0.3 is 0 Å². The lowest BCUT2D eigenvalue weighted by Gasteiger charge is -2.32. The molecule has 0 aromatic rings. The smallest absolute Gasteiger partial charge is 0.168 e. The molecule has 104 valence electrons. The fourth-order valence-corrected chi connectivity index (χ4v) is 5.04. The van der Waals surface area contributed by atoms with Crippen molar-refractivity contribution in [1.29, 1.82) is 0 Å². The number of allylic oxidation sites excluding steroid dienone is 2. The van der Waals surface area contributed by atoms with Crippen LogP contribution in [0.5, 0.6) is 0 Å². The van der Waals surface area contributed by atoms with E-state index in [4.69, 9.17) is 17.0 Å². The van der Waals surface area contributed by atoms with Crippen molar-refractivity contribution in [1.82, 2.24) is 10.6 Å². The Hall–Kier alpha value is -0.610. The highest BCUT2D eigenvalue weighted by atomic mass is 32.1. The minimum Gasteiger partial charge on any atom is -0.360 e. The van der Waals surface area contributed by atoms with Gasteiger partial charge in [0.25, 0.3) is 0 Å². The first kappa shape index (κ1) is 12.2. The summed E-state index contributed by atoms with van der Waals surface area (Å²) in [4.78, 5) is 0. The fraction of sp³-hybridized carbons (Fsp3) is 0.800. The zero-order chi connectivity index (χ0) is 12.8. The van der Waals surface area contributed by atoms with E-state index in [-0.39, 0.29) is 6.23 Å². The predicted molar refractivity (Wildman–Crippen MR) is 78.6 cm³/mol. The Bertz CT molecular complexity index is 405. The molecule has 6 unspecified atom stereocenters. The molecule has 0 aromatic carbocycles. The Kier molecular flexibility index (Phi) is 3.03. The Labute approximate surface area is 120 Å². The van der Waals surface area contributed by atoms with Crippen molar-refractivity contribution in [3.63, 3.8) is 0 Å². The normalized spacial score (nSPS) is 46.5. The minimum atomic E-state index is 0.137. The lowest BCUT2D eigenvalue weighted by molar-refractivity contribution is 0.0994. The van der Waals surface area contributed by atoms with E-state index in [0.29, 0.717) is 6.04 Å². The maximum absolute atomic E-state index is 5.57. The lowest BCUT2D eigenvalue weighted by atomic mass is 9.79. The van der Waals surface area contributed by atoms with Crippen molar-refractivity contribution in [2.45, 2.75) is 44.4 Å². The monoisotopic (exact) mass is 278 g/mol. The van der Waals surface area contributed by atoms with Gasteiger partial charge in [0.15, 0.2) is 5.11 Å². The third-order valence-electron chi connectivity index (χ3n) is 5.55.